The van der Waals surface area contributed by atoms with Crippen LogP contribution in [0.5, 0.6) is 0 Å². The van der Waals surface area contributed by atoms with Crippen molar-refractivity contribution in [2.75, 3.05) is 36.1 Å². The minimum absolute atomic E-state index is 0.0448. The van der Waals surface area contributed by atoms with Gasteiger partial charge >= 0.3 is 0 Å². The molecule has 1 aliphatic heterocycles. The molecule has 0 radical (unpaired) electrons. The zero-order valence-corrected chi connectivity index (χ0v) is 20.4. The Morgan fingerprint density at radius 3 is 2.49 bits per heavy atom. The van der Waals surface area contributed by atoms with Crippen LogP contribution in [-0.2, 0) is 10.2 Å². The third-order valence-electron chi connectivity index (χ3n) is 6.23. The quantitative estimate of drug-likeness (QED) is 0.479. The smallest absolute Gasteiger partial charge is 0.253 e. The number of anilines is 3. The van der Waals surface area contributed by atoms with Crippen molar-refractivity contribution >= 4 is 40.7 Å². The van der Waals surface area contributed by atoms with Gasteiger partial charge in [-0.1, -0.05) is 49.7 Å². The van der Waals surface area contributed by atoms with Crippen molar-refractivity contribution in [2.45, 2.75) is 25.2 Å². The highest BCUT2D eigenvalue weighted by molar-refractivity contribution is 6.31. The first-order valence-corrected chi connectivity index (χ1v) is 11.5. The van der Waals surface area contributed by atoms with Crippen molar-refractivity contribution in [1.29, 1.82) is 0 Å². The molecule has 2 aromatic carbocycles. The fraction of sp³-hybridized carbons (Fsp3) is 0.280. The molecule has 35 heavy (non-hydrogen) atoms. The van der Waals surface area contributed by atoms with Crippen LogP contribution in [0.25, 0.3) is 0 Å². The van der Waals surface area contributed by atoms with Crippen LogP contribution in [0, 0.1) is 5.82 Å². The maximum Gasteiger partial charge on any atom is 0.253 e. The van der Waals surface area contributed by atoms with E-state index in [9.17, 15) is 14.0 Å². The number of nitrogens with two attached hydrogens (primary N) is 1. The van der Waals surface area contributed by atoms with E-state index in [-0.39, 0.29) is 28.1 Å². The highest BCUT2D eigenvalue weighted by Gasteiger charge is 2.52. The second-order valence-electron chi connectivity index (χ2n) is 8.84. The Morgan fingerprint density at radius 1 is 1.14 bits per heavy atom. The summed E-state index contributed by atoms with van der Waals surface area (Å²) >= 11 is 5.91. The molecule has 1 aliphatic rings. The predicted molar refractivity (Wildman–Crippen MR) is 134 cm³/mol. The number of hydrogen-bond acceptors (Lipinski definition) is 6. The Kier molecular flexibility index (Phi) is 6.62. The van der Waals surface area contributed by atoms with Crippen molar-refractivity contribution in [3.63, 3.8) is 0 Å². The van der Waals surface area contributed by atoms with Crippen molar-refractivity contribution in [3.8, 4) is 0 Å². The molecule has 4 N–H and O–H groups in total. The van der Waals surface area contributed by atoms with E-state index in [1.54, 1.807) is 12.1 Å². The Hall–Kier alpha value is -3.72. The first kappa shape index (κ1) is 24.4. The minimum atomic E-state index is -0.972. The summed E-state index contributed by atoms with van der Waals surface area (Å²) < 4.78 is 14.3. The Balaban J connectivity index is 1.75. The molecule has 2 heterocycles. The summed E-state index contributed by atoms with van der Waals surface area (Å²) in [7, 11) is 1.45. The number of benzene rings is 2. The maximum absolute atomic E-state index is 14.3. The SMILES string of the molecule is CNC(=O)c1cc(Cl)c(F)cc1NC(=O)C1(c2ccccc2C(C)C)CN(c2ccc(N)nn2)C1. The second kappa shape index (κ2) is 9.50. The van der Waals surface area contributed by atoms with Gasteiger partial charge in [-0.15, -0.1) is 10.2 Å². The molecule has 10 heteroatoms. The van der Waals surface area contributed by atoms with Crippen LogP contribution in [0.3, 0.4) is 0 Å². The Morgan fingerprint density at radius 2 is 1.86 bits per heavy atom. The van der Waals surface area contributed by atoms with Gasteiger partial charge in [0.1, 0.15) is 17.1 Å². The third kappa shape index (κ3) is 4.51. The Bertz CT molecular complexity index is 1280. The van der Waals surface area contributed by atoms with E-state index in [1.165, 1.54) is 13.1 Å². The van der Waals surface area contributed by atoms with E-state index in [0.717, 1.165) is 17.2 Å². The van der Waals surface area contributed by atoms with E-state index in [0.29, 0.717) is 24.7 Å². The lowest BCUT2D eigenvalue weighted by atomic mass is 9.69. The van der Waals surface area contributed by atoms with E-state index in [2.05, 4.69) is 34.7 Å². The lowest BCUT2D eigenvalue weighted by molar-refractivity contribution is -0.122. The summed E-state index contributed by atoms with van der Waals surface area (Å²) in [5, 5.41) is 13.1. The van der Waals surface area contributed by atoms with Crippen molar-refractivity contribution in [2.24, 2.45) is 0 Å². The fourth-order valence-electron chi connectivity index (χ4n) is 4.36. The number of nitrogens with one attached hydrogen (secondary N) is 2. The molecule has 0 aliphatic carbocycles. The van der Waals surface area contributed by atoms with Crippen molar-refractivity contribution in [3.05, 3.63) is 76.1 Å². The number of aromatic nitrogens is 2. The van der Waals surface area contributed by atoms with Gasteiger partial charge in [0, 0.05) is 20.1 Å². The van der Waals surface area contributed by atoms with Crippen LogP contribution < -0.4 is 21.3 Å². The average Bonchev–Trinajstić information content (AvgIpc) is 2.81. The topological polar surface area (TPSA) is 113 Å². The molecule has 4 rings (SSSR count). The monoisotopic (exact) mass is 496 g/mol. The van der Waals surface area contributed by atoms with Crippen LogP contribution in [0.4, 0.5) is 21.7 Å². The minimum Gasteiger partial charge on any atom is -0.382 e. The molecule has 3 aromatic rings. The van der Waals surface area contributed by atoms with Crippen LogP contribution in [0.1, 0.15) is 41.3 Å². The number of nitrogen functional groups attached to an aromatic ring is 1. The van der Waals surface area contributed by atoms with E-state index >= 15 is 0 Å². The molecular weight excluding hydrogens is 471 g/mol. The van der Waals surface area contributed by atoms with Gasteiger partial charge in [0.15, 0.2) is 5.82 Å². The molecular formula is C25H26ClFN6O2. The summed E-state index contributed by atoms with van der Waals surface area (Å²) in [4.78, 5) is 28.2. The van der Waals surface area contributed by atoms with Gasteiger partial charge in [-0.05, 0) is 41.3 Å². The normalized spacial score (nSPS) is 14.4. The maximum atomic E-state index is 14.3. The predicted octanol–water partition coefficient (Wildman–Crippen LogP) is 3.73. The van der Waals surface area contributed by atoms with Crippen LogP contribution in [-0.4, -0.2) is 42.1 Å². The number of carbonyl (C=O) groups excluding carboxylic acids is 2. The van der Waals surface area contributed by atoms with Gasteiger partial charge in [-0.2, -0.15) is 0 Å². The van der Waals surface area contributed by atoms with Gasteiger partial charge < -0.3 is 21.3 Å². The molecule has 0 unspecified atom stereocenters. The summed E-state index contributed by atoms with van der Waals surface area (Å²) in [5.41, 5.74) is 6.70. The van der Waals surface area contributed by atoms with Crippen molar-refractivity contribution < 1.29 is 14.0 Å². The van der Waals surface area contributed by atoms with Crippen LogP contribution >= 0.6 is 11.6 Å². The summed E-state index contributed by atoms with van der Waals surface area (Å²) in [6.45, 7) is 4.74. The second-order valence-corrected chi connectivity index (χ2v) is 9.25. The number of hydrogen-bond donors (Lipinski definition) is 3. The fourth-order valence-corrected chi connectivity index (χ4v) is 4.52. The molecule has 1 aromatic heterocycles. The third-order valence-corrected chi connectivity index (χ3v) is 6.52. The highest BCUT2D eigenvalue weighted by atomic mass is 35.5. The molecule has 0 bridgehead atoms. The number of halogens is 2. The number of amides is 2. The van der Waals surface area contributed by atoms with Crippen LogP contribution in [0.2, 0.25) is 5.02 Å². The Labute approximate surface area is 207 Å². The standard InChI is InChI=1S/C25H26ClFN6O2/c1-14(2)15-6-4-5-7-17(15)25(12-33(13-25)22-9-8-21(28)31-32-22)24(35)30-20-11-19(27)18(26)10-16(20)23(34)29-3/h4-11,14H,12-13H2,1-3H3,(H2,28,31)(H,29,34)(H,30,35). The van der Waals surface area contributed by atoms with E-state index < -0.39 is 17.1 Å². The van der Waals surface area contributed by atoms with Crippen LogP contribution in [0.15, 0.2) is 48.5 Å². The van der Waals surface area contributed by atoms with Gasteiger partial charge in [0.2, 0.25) is 5.91 Å². The lowest BCUT2D eigenvalue weighted by Crippen LogP contribution is -2.66. The largest absolute Gasteiger partial charge is 0.382 e. The van der Waals surface area contributed by atoms with Gasteiger partial charge in [-0.3, -0.25) is 9.59 Å². The van der Waals surface area contributed by atoms with E-state index in [4.69, 9.17) is 17.3 Å². The zero-order chi connectivity index (χ0) is 25.3. The lowest BCUT2D eigenvalue weighted by Gasteiger charge is -2.50. The number of carbonyl (C=O) groups is 2. The average molecular weight is 497 g/mol. The molecule has 8 nitrogen and oxygen atoms in total. The zero-order valence-electron chi connectivity index (χ0n) is 19.6. The number of nitrogens with zero attached hydrogens (tertiary/aromatic N) is 3. The van der Waals surface area contributed by atoms with Gasteiger partial charge in [0.25, 0.3) is 5.91 Å². The summed E-state index contributed by atoms with van der Waals surface area (Å²) in [5.74, 6) is -0.541. The van der Waals surface area contributed by atoms with Gasteiger partial charge in [0.05, 0.1) is 16.3 Å². The molecule has 0 saturated carbocycles. The molecule has 1 fully saturated rings. The summed E-state index contributed by atoms with van der Waals surface area (Å²) in [6, 6.07) is 13.4. The van der Waals surface area contributed by atoms with Gasteiger partial charge in [-0.25, -0.2) is 4.39 Å². The first-order valence-electron chi connectivity index (χ1n) is 11.1. The molecule has 0 spiro atoms. The highest BCUT2D eigenvalue weighted by Crippen LogP contribution is 2.41. The molecule has 1 saturated heterocycles. The van der Waals surface area contributed by atoms with E-state index in [1.807, 2.05) is 29.2 Å². The molecule has 0 atom stereocenters. The molecule has 182 valence electrons. The molecule has 2 amide bonds. The van der Waals surface area contributed by atoms with Crippen molar-refractivity contribution in [1.82, 2.24) is 15.5 Å². The first-order chi connectivity index (χ1) is 16.7. The number of rotatable bonds is 6. The summed E-state index contributed by atoms with van der Waals surface area (Å²) in [6.07, 6.45) is 0.